The summed E-state index contributed by atoms with van der Waals surface area (Å²) >= 11 is 0. The molecule has 2 saturated carbocycles. The number of carbonyl (C=O) groups is 1. The van der Waals surface area contributed by atoms with Gasteiger partial charge in [0.1, 0.15) is 6.61 Å². The van der Waals surface area contributed by atoms with Crippen LogP contribution in [0, 0.1) is 23.2 Å². The van der Waals surface area contributed by atoms with E-state index in [1.165, 1.54) is 0 Å². The monoisotopic (exact) mass is 272 g/mol. The second kappa shape index (κ2) is 5.04. The maximum Gasteiger partial charge on any atom is 0.311 e. The molecule has 0 aliphatic heterocycles. The van der Waals surface area contributed by atoms with Gasteiger partial charge in [0, 0.05) is 0 Å². The third kappa shape index (κ3) is 2.78. The van der Waals surface area contributed by atoms with Crippen molar-refractivity contribution in [3.05, 3.63) is 0 Å². The molecule has 0 saturated heterocycles. The van der Waals surface area contributed by atoms with Crippen molar-refractivity contribution >= 4 is 5.97 Å². The molecule has 2 aliphatic rings. The highest BCUT2D eigenvalue weighted by molar-refractivity contribution is 5.75. The average molecular weight is 272 g/mol. The lowest BCUT2D eigenvalue weighted by Gasteiger charge is -2.32. The molecule has 5 nitrogen and oxygen atoms in total. The molecule has 0 spiro atoms. The van der Waals surface area contributed by atoms with E-state index in [2.05, 4.69) is 0 Å². The van der Waals surface area contributed by atoms with E-state index >= 15 is 0 Å². The van der Waals surface area contributed by atoms with Crippen LogP contribution >= 0.6 is 0 Å². The van der Waals surface area contributed by atoms with E-state index in [0.717, 1.165) is 6.42 Å². The molecule has 0 aromatic carbocycles. The van der Waals surface area contributed by atoms with Gasteiger partial charge in [0.05, 0.1) is 23.7 Å². The fourth-order valence-corrected chi connectivity index (χ4v) is 3.29. The molecule has 2 aliphatic carbocycles. The Morgan fingerprint density at radius 1 is 1.26 bits per heavy atom. The van der Waals surface area contributed by atoms with Gasteiger partial charge in [0.2, 0.25) is 0 Å². The van der Waals surface area contributed by atoms with E-state index in [4.69, 9.17) is 4.74 Å². The van der Waals surface area contributed by atoms with Gasteiger partial charge in [-0.1, -0.05) is 0 Å². The molecule has 6 atom stereocenters. The lowest BCUT2D eigenvalue weighted by atomic mass is 9.82. The molecule has 2 rings (SSSR count). The van der Waals surface area contributed by atoms with E-state index in [0.29, 0.717) is 6.42 Å². The van der Waals surface area contributed by atoms with Gasteiger partial charge < -0.3 is 20.1 Å². The Hall–Kier alpha value is -0.650. The number of carbonyl (C=O) groups excluding carboxylic acids is 1. The van der Waals surface area contributed by atoms with Crippen molar-refractivity contribution in [3.63, 3.8) is 0 Å². The first kappa shape index (κ1) is 14.8. The molecule has 110 valence electrons. The number of fused-ring (bicyclic) bond motifs is 2. The molecular formula is C14H24O5. The van der Waals surface area contributed by atoms with Crippen molar-refractivity contribution in [2.24, 2.45) is 23.2 Å². The Bertz CT molecular complexity index is 346. The van der Waals surface area contributed by atoms with E-state index in [1.54, 1.807) is 20.8 Å². The molecule has 2 fully saturated rings. The number of hydrogen-bond donors (Lipinski definition) is 3. The van der Waals surface area contributed by atoms with Crippen LogP contribution in [0.1, 0.15) is 33.6 Å². The standard InChI is InChI=1S/C14H24O5/c1-14(2,3)13(18)19-6-10(15)8-4-7-5-9(8)12(17)11(7)16/h7-12,15-17H,4-6H2,1-3H3/t7-,8?,9-,10?,11?,12?/m1/s1. The van der Waals surface area contributed by atoms with Crippen LogP contribution in [-0.4, -0.2) is 46.2 Å². The van der Waals surface area contributed by atoms with Gasteiger partial charge in [-0.15, -0.1) is 0 Å². The minimum Gasteiger partial charge on any atom is -0.463 e. The summed E-state index contributed by atoms with van der Waals surface area (Å²) < 4.78 is 5.12. The maximum absolute atomic E-state index is 11.6. The summed E-state index contributed by atoms with van der Waals surface area (Å²) in [4.78, 5) is 11.6. The van der Waals surface area contributed by atoms with E-state index in [9.17, 15) is 20.1 Å². The Labute approximate surface area is 113 Å². The molecule has 19 heavy (non-hydrogen) atoms. The smallest absolute Gasteiger partial charge is 0.311 e. The number of rotatable bonds is 3. The van der Waals surface area contributed by atoms with Gasteiger partial charge in [-0.05, 0) is 51.4 Å². The first-order valence-electron chi connectivity index (χ1n) is 6.93. The largest absolute Gasteiger partial charge is 0.463 e. The van der Waals surface area contributed by atoms with E-state index < -0.39 is 23.7 Å². The highest BCUT2D eigenvalue weighted by Gasteiger charge is 2.53. The van der Waals surface area contributed by atoms with Crippen molar-refractivity contribution in [1.29, 1.82) is 0 Å². The summed E-state index contributed by atoms with van der Waals surface area (Å²) in [7, 11) is 0. The highest BCUT2D eigenvalue weighted by Crippen LogP contribution is 2.49. The Morgan fingerprint density at radius 3 is 2.37 bits per heavy atom. The van der Waals surface area contributed by atoms with Crippen molar-refractivity contribution in [3.8, 4) is 0 Å². The van der Waals surface area contributed by atoms with Crippen LogP contribution in [0.3, 0.4) is 0 Å². The lowest BCUT2D eigenvalue weighted by Crippen LogP contribution is -2.42. The summed E-state index contributed by atoms with van der Waals surface area (Å²) in [6, 6.07) is 0. The molecule has 5 heteroatoms. The number of ether oxygens (including phenoxy) is 1. The SMILES string of the molecule is CC(C)(C)C(=O)OCC(O)C1C[C@@H]2C[C@H]1C(O)C2O. The number of aliphatic hydroxyl groups is 3. The molecule has 0 heterocycles. The second-order valence-electron chi connectivity index (χ2n) is 6.96. The first-order valence-corrected chi connectivity index (χ1v) is 6.93. The Kier molecular flexibility index (Phi) is 3.91. The topological polar surface area (TPSA) is 87.0 Å². The summed E-state index contributed by atoms with van der Waals surface area (Å²) in [5, 5.41) is 29.7. The average Bonchev–Trinajstić information content (AvgIpc) is 2.86. The number of hydrogen-bond acceptors (Lipinski definition) is 5. The fourth-order valence-electron chi connectivity index (χ4n) is 3.29. The van der Waals surface area contributed by atoms with Crippen molar-refractivity contribution in [2.75, 3.05) is 6.61 Å². The maximum atomic E-state index is 11.6. The van der Waals surface area contributed by atoms with Crippen LogP contribution in [0.4, 0.5) is 0 Å². The third-order valence-corrected chi connectivity index (χ3v) is 4.46. The van der Waals surface area contributed by atoms with Gasteiger partial charge in [-0.3, -0.25) is 4.79 Å². The van der Waals surface area contributed by atoms with Crippen LogP contribution < -0.4 is 0 Å². The van der Waals surface area contributed by atoms with Gasteiger partial charge in [0.25, 0.3) is 0 Å². The molecule has 3 N–H and O–H groups in total. The summed E-state index contributed by atoms with van der Waals surface area (Å²) in [6.45, 7) is 5.25. The van der Waals surface area contributed by atoms with Crippen LogP contribution in [-0.2, 0) is 9.53 Å². The van der Waals surface area contributed by atoms with Crippen molar-refractivity contribution in [1.82, 2.24) is 0 Å². The molecule has 0 aromatic rings. The van der Waals surface area contributed by atoms with Gasteiger partial charge in [-0.2, -0.15) is 0 Å². The fraction of sp³-hybridized carbons (Fsp3) is 0.929. The first-order chi connectivity index (χ1) is 8.71. The molecule has 4 unspecified atom stereocenters. The quantitative estimate of drug-likeness (QED) is 0.644. The molecule has 2 bridgehead atoms. The summed E-state index contributed by atoms with van der Waals surface area (Å²) in [6.07, 6.45) is -0.736. The molecule has 0 radical (unpaired) electrons. The number of aliphatic hydroxyl groups excluding tert-OH is 3. The zero-order chi connectivity index (χ0) is 14.4. The minimum atomic E-state index is -0.761. The predicted octanol–water partition coefficient (Wildman–Crippen LogP) is 0.314. The number of esters is 1. The van der Waals surface area contributed by atoms with Crippen LogP contribution in [0.2, 0.25) is 0 Å². The van der Waals surface area contributed by atoms with Crippen LogP contribution in [0.5, 0.6) is 0 Å². The van der Waals surface area contributed by atoms with Crippen molar-refractivity contribution < 1.29 is 24.9 Å². The van der Waals surface area contributed by atoms with Gasteiger partial charge >= 0.3 is 5.97 Å². The van der Waals surface area contributed by atoms with Crippen LogP contribution in [0.25, 0.3) is 0 Å². The minimum absolute atomic E-state index is 0.0349. The predicted molar refractivity (Wildman–Crippen MR) is 68.1 cm³/mol. The third-order valence-electron chi connectivity index (χ3n) is 4.46. The van der Waals surface area contributed by atoms with Gasteiger partial charge in [-0.25, -0.2) is 0 Å². The molecular weight excluding hydrogens is 248 g/mol. The Balaban J connectivity index is 1.86. The van der Waals surface area contributed by atoms with E-state index in [-0.39, 0.29) is 30.3 Å². The zero-order valence-electron chi connectivity index (χ0n) is 11.7. The lowest BCUT2D eigenvalue weighted by molar-refractivity contribution is -0.158. The Morgan fingerprint density at radius 2 is 1.89 bits per heavy atom. The molecule has 0 aromatic heterocycles. The zero-order valence-corrected chi connectivity index (χ0v) is 11.7. The summed E-state index contributed by atoms with van der Waals surface area (Å²) in [5.74, 6) is -0.437. The van der Waals surface area contributed by atoms with Gasteiger partial charge in [0.15, 0.2) is 0 Å². The van der Waals surface area contributed by atoms with Crippen LogP contribution in [0.15, 0.2) is 0 Å². The van der Waals surface area contributed by atoms with E-state index in [1.807, 2.05) is 0 Å². The molecule has 0 amide bonds. The normalized spacial score (nSPS) is 39.4. The highest BCUT2D eigenvalue weighted by atomic mass is 16.5. The summed E-state index contributed by atoms with van der Waals surface area (Å²) in [5.41, 5.74) is -0.579. The van der Waals surface area contributed by atoms with Crippen molar-refractivity contribution in [2.45, 2.75) is 51.9 Å². The second-order valence-corrected chi connectivity index (χ2v) is 6.96.